The summed E-state index contributed by atoms with van der Waals surface area (Å²) in [5.41, 5.74) is 5.30. The van der Waals surface area contributed by atoms with Crippen LogP contribution in [0.15, 0.2) is 0 Å². The van der Waals surface area contributed by atoms with Crippen molar-refractivity contribution in [2.45, 2.75) is 26.3 Å². The van der Waals surface area contributed by atoms with Gasteiger partial charge in [-0.1, -0.05) is 6.92 Å². The van der Waals surface area contributed by atoms with Crippen LogP contribution in [0.1, 0.15) is 30.9 Å². The second kappa shape index (κ2) is 4.08. The molecule has 1 rings (SSSR count). The summed E-state index contributed by atoms with van der Waals surface area (Å²) in [7, 11) is 1.73. The zero-order valence-electron chi connectivity index (χ0n) is 8.61. The van der Waals surface area contributed by atoms with E-state index in [0.717, 1.165) is 6.42 Å². The van der Waals surface area contributed by atoms with Crippen molar-refractivity contribution in [1.29, 1.82) is 0 Å². The van der Waals surface area contributed by atoms with E-state index in [2.05, 4.69) is 15.2 Å². The lowest BCUT2D eigenvalue weighted by Gasteiger charge is -2.22. The summed E-state index contributed by atoms with van der Waals surface area (Å²) in [4.78, 5) is 17.1. The molecule has 0 bridgehead atoms. The van der Waals surface area contributed by atoms with Gasteiger partial charge in [-0.25, -0.2) is 0 Å². The van der Waals surface area contributed by atoms with Crippen LogP contribution in [-0.4, -0.2) is 39.1 Å². The van der Waals surface area contributed by atoms with Crippen molar-refractivity contribution in [2.75, 3.05) is 12.8 Å². The highest BCUT2D eigenvalue weighted by molar-refractivity contribution is 5.90. The van der Waals surface area contributed by atoms with Crippen molar-refractivity contribution in [3.8, 4) is 0 Å². The molecule has 14 heavy (non-hydrogen) atoms. The number of aromatic nitrogens is 3. The number of H-pyrrole nitrogens is 1. The Morgan fingerprint density at radius 2 is 2.36 bits per heavy atom. The summed E-state index contributed by atoms with van der Waals surface area (Å²) >= 11 is 0. The van der Waals surface area contributed by atoms with Crippen LogP contribution in [0.5, 0.6) is 0 Å². The lowest BCUT2D eigenvalue weighted by atomic mass is 10.2. The van der Waals surface area contributed by atoms with Crippen molar-refractivity contribution < 1.29 is 4.79 Å². The molecule has 6 nitrogen and oxygen atoms in total. The fourth-order valence-electron chi connectivity index (χ4n) is 1.01. The number of anilines is 1. The molecule has 0 aliphatic rings. The molecule has 0 fully saturated rings. The molecule has 1 unspecified atom stereocenters. The van der Waals surface area contributed by atoms with Gasteiger partial charge in [0.25, 0.3) is 5.91 Å². The predicted molar refractivity (Wildman–Crippen MR) is 52.6 cm³/mol. The minimum absolute atomic E-state index is 0.0888. The average molecular weight is 197 g/mol. The average Bonchev–Trinajstić information content (AvgIpc) is 2.61. The molecule has 1 heterocycles. The van der Waals surface area contributed by atoms with Crippen molar-refractivity contribution in [1.82, 2.24) is 20.1 Å². The van der Waals surface area contributed by atoms with Crippen LogP contribution in [0.2, 0.25) is 0 Å². The number of amides is 1. The van der Waals surface area contributed by atoms with E-state index in [-0.39, 0.29) is 23.7 Å². The molecular weight excluding hydrogens is 182 g/mol. The van der Waals surface area contributed by atoms with Gasteiger partial charge in [-0.15, -0.1) is 5.10 Å². The number of hydrogen-bond acceptors (Lipinski definition) is 4. The van der Waals surface area contributed by atoms with E-state index in [1.807, 2.05) is 13.8 Å². The van der Waals surface area contributed by atoms with Crippen molar-refractivity contribution >= 4 is 11.9 Å². The van der Waals surface area contributed by atoms with Crippen molar-refractivity contribution in [3.63, 3.8) is 0 Å². The highest BCUT2D eigenvalue weighted by Gasteiger charge is 2.19. The zero-order chi connectivity index (χ0) is 10.7. The smallest absolute Gasteiger partial charge is 0.291 e. The molecule has 0 radical (unpaired) electrons. The first-order valence-electron chi connectivity index (χ1n) is 4.51. The molecule has 0 aromatic carbocycles. The number of carbonyl (C=O) groups excluding carboxylic acids is 1. The van der Waals surface area contributed by atoms with E-state index < -0.39 is 0 Å². The lowest BCUT2D eigenvalue weighted by molar-refractivity contribution is 0.0728. The number of nitrogens with one attached hydrogen (secondary N) is 1. The highest BCUT2D eigenvalue weighted by atomic mass is 16.2. The molecule has 1 amide bonds. The van der Waals surface area contributed by atoms with Gasteiger partial charge in [0.1, 0.15) is 0 Å². The van der Waals surface area contributed by atoms with E-state index in [1.165, 1.54) is 0 Å². The maximum atomic E-state index is 11.7. The summed E-state index contributed by atoms with van der Waals surface area (Å²) in [6.07, 6.45) is 0.895. The maximum Gasteiger partial charge on any atom is 0.291 e. The van der Waals surface area contributed by atoms with Crippen LogP contribution in [0.3, 0.4) is 0 Å². The third kappa shape index (κ3) is 2.01. The summed E-state index contributed by atoms with van der Waals surface area (Å²) < 4.78 is 0. The third-order valence-corrected chi connectivity index (χ3v) is 2.28. The van der Waals surface area contributed by atoms with Gasteiger partial charge in [-0.05, 0) is 13.3 Å². The molecule has 3 N–H and O–H groups in total. The molecule has 6 heteroatoms. The van der Waals surface area contributed by atoms with Gasteiger partial charge in [-0.2, -0.15) is 4.98 Å². The molecule has 0 spiro atoms. The molecule has 0 saturated carbocycles. The first-order valence-corrected chi connectivity index (χ1v) is 4.51. The fourth-order valence-corrected chi connectivity index (χ4v) is 1.01. The number of aromatic amines is 1. The number of rotatable bonds is 3. The Morgan fingerprint density at radius 1 is 1.71 bits per heavy atom. The van der Waals surface area contributed by atoms with Crippen molar-refractivity contribution in [3.05, 3.63) is 5.82 Å². The van der Waals surface area contributed by atoms with Gasteiger partial charge >= 0.3 is 0 Å². The topological polar surface area (TPSA) is 87.9 Å². The standard InChI is InChI=1S/C8H15N5O/c1-4-5(2)13(3)7(14)6-10-8(9)12-11-6/h5H,4H2,1-3H3,(H3,9,10,11,12). The zero-order valence-corrected chi connectivity index (χ0v) is 8.61. The molecular formula is C8H15N5O. The lowest BCUT2D eigenvalue weighted by Crippen LogP contribution is -2.35. The Morgan fingerprint density at radius 3 is 2.79 bits per heavy atom. The quantitative estimate of drug-likeness (QED) is 0.727. The Kier molecular flexibility index (Phi) is 3.06. The number of carbonyl (C=O) groups is 1. The number of nitrogen functional groups attached to an aromatic ring is 1. The van der Waals surface area contributed by atoms with Gasteiger partial charge in [0.05, 0.1) is 0 Å². The molecule has 0 saturated heterocycles. The van der Waals surface area contributed by atoms with Gasteiger partial charge in [0, 0.05) is 13.1 Å². The Balaban J connectivity index is 2.75. The van der Waals surface area contributed by atoms with Gasteiger partial charge in [-0.3, -0.25) is 9.89 Å². The molecule has 0 aliphatic carbocycles. The maximum absolute atomic E-state index is 11.7. The normalized spacial score (nSPS) is 12.5. The fraction of sp³-hybridized carbons (Fsp3) is 0.625. The van der Waals surface area contributed by atoms with E-state index in [0.29, 0.717) is 0 Å². The predicted octanol–water partition coefficient (Wildman–Crippen LogP) is 0.257. The van der Waals surface area contributed by atoms with Crippen LogP contribution in [0, 0.1) is 0 Å². The second-order valence-corrected chi connectivity index (χ2v) is 3.22. The monoisotopic (exact) mass is 197 g/mol. The minimum Gasteiger partial charge on any atom is -0.366 e. The van der Waals surface area contributed by atoms with Crippen LogP contribution in [0.25, 0.3) is 0 Å². The van der Waals surface area contributed by atoms with Gasteiger partial charge in [0.15, 0.2) is 0 Å². The van der Waals surface area contributed by atoms with Crippen LogP contribution >= 0.6 is 0 Å². The minimum atomic E-state index is -0.191. The summed E-state index contributed by atoms with van der Waals surface area (Å²) in [5.74, 6) is 0.0831. The number of nitrogens with two attached hydrogens (primary N) is 1. The van der Waals surface area contributed by atoms with Crippen molar-refractivity contribution in [2.24, 2.45) is 0 Å². The molecule has 1 aromatic rings. The SMILES string of the molecule is CCC(C)N(C)C(=O)c1nc(N)n[nH]1. The van der Waals surface area contributed by atoms with E-state index in [9.17, 15) is 4.79 Å². The molecule has 1 atom stereocenters. The Bertz CT molecular complexity index is 321. The molecule has 1 aromatic heterocycles. The Labute approximate surface area is 82.5 Å². The van der Waals surface area contributed by atoms with Crippen LogP contribution in [0.4, 0.5) is 5.95 Å². The van der Waals surface area contributed by atoms with Crippen LogP contribution < -0.4 is 5.73 Å². The Hall–Kier alpha value is -1.59. The van der Waals surface area contributed by atoms with E-state index in [1.54, 1.807) is 11.9 Å². The summed E-state index contributed by atoms with van der Waals surface area (Å²) in [6.45, 7) is 3.99. The largest absolute Gasteiger partial charge is 0.366 e. The number of nitrogens with zero attached hydrogens (tertiary/aromatic N) is 3. The second-order valence-electron chi connectivity index (χ2n) is 3.22. The third-order valence-electron chi connectivity index (χ3n) is 2.28. The molecule has 0 aliphatic heterocycles. The first-order chi connectivity index (χ1) is 6.56. The van der Waals surface area contributed by atoms with E-state index in [4.69, 9.17) is 5.73 Å². The highest BCUT2D eigenvalue weighted by Crippen LogP contribution is 2.05. The summed E-state index contributed by atoms with van der Waals surface area (Å²) in [6, 6.07) is 0.175. The first kappa shape index (κ1) is 10.5. The molecule has 78 valence electrons. The number of hydrogen-bond donors (Lipinski definition) is 2. The van der Waals surface area contributed by atoms with Gasteiger partial charge in [0.2, 0.25) is 11.8 Å². The van der Waals surface area contributed by atoms with E-state index >= 15 is 0 Å². The van der Waals surface area contributed by atoms with Crippen LogP contribution in [-0.2, 0) is 0 Å². The van der Waals surface area contributed by atoms with Gasteiger partial charge < -0.3 is 10.6 Å². The summed E-state index contributed by atoms with van der Waals surface area (Å²) in [5, 5.41) is 6.09.